The number of benzene rings is 1. The Morgan fingerprint density at radius 2 is 2.00 bits per heavy atom. The van der Waals surface area contributed by atoms with Crippen LogP contribution in [0.5, 0.6) is 5.75 Å². The Bertz CT molecular complexity index is 474. The van der Waals surface area contributed by atoms with E-state index in [-0.39, 0.29) is 30.1 Å². The molecule has 1 saturated heterocycles. The average molecular weight is 339 g/mol. The molecule has 8 heteroatoms. The van der Waals surface area contributed by atoms with Crippen molar-refractivity contribution in [1.82, 2.24) is 5.32 Å². The van der Waals surface area contributed by atoms with Gasteiger partial charge in [0.15, 0.2) is 6.61 Å². The highest BCUT2D eigenvalue weighted by Crippen LogP contribution is 2.20. The van der Waals surface area contributed by atoms with Crippen LogP contribution in [0.3, 0.4) is 0 Å². The lowest BCUT2D eigenvalue weighted by Crippen LogP contribution is -2.27. The molecule has 0 radical (unpaired) electrons. The van der Waals surface area contributed by atoms with Crippen molar-refractivity contribution in [3.05, 3.63) is 24.3 Å². The second kappa shape index (κ2) is 8.24. The predicted molar refractivity (Wildman–Crippen MR) is 79.5 cm³/mol. The van der Waals surface area contributed by atoms with Crippen LogP contribution in [-0.2, 0) is 4.79 Å². The molecule has 4 nitrogen and oxygen atoms in total. The fourth-order valence-electron chi connectivity index (χ4n) is 2.17. The highest BCUT2D eigenvalue weighted by molar-refractivity contribution is 5.91. The number of hydrogen-bond acceptors (Lipinski definition) is 3. The predicted octanol–water partition coefficient (Wildman–Crippen LogP) is 3.13. The summed E-state index contributed by atoms with van der Waals surface area (Å²) in [6, 6.07) is 6.04. The number of ether oxygens (including phenoxy) is 1. The molecule has 0 aromatic heterocycles. The summed E-state index contributed by atoms with van der Waals surface area (Å²) < 4.78 is 40.6. The van der Waals surface area contributed by atoms with E-state index < -0.39 is 12.8 Å². The molecular weight excluding hydrogens is 321 g/mol. The van der Waals surface area contributed by atoms with Gasteiger partial charge in [0.1, 0.15) is 5.75 Å². The summed E-state index contributed by atoms with van der Waals surface area (Å²) in [5.74, 6) is 0.00106. The Kier molecular flexibility index (Phi) is 6.96. The second-order valence-corrected chi connectivity index (χ2v) is 4.97. The molecule has 0 aliphatic carbocycles. The van der Waals surface area contributed by atoms with Gasteiger partial charge in [-0.2, -0.15) is 13.2 Å². The van der Waals surface area contributed by atoms with E-state index in [4.69, 9.17) is 0 Å². The van der Waals surface area contributed by atoms with E-state index in [0.717, 1.165) is 19.4 Å². The molecule has 1 heterocycles. The van der Waals surface area contributed by atoms with Crippen LogP contribution in [0.1, 0.15) is 19.3 Å². The molecule has 0 bridgehead atoms. The fourth-order valence-corrected chi connectivity index (χ4v) is 2.17. The molecule has 1 aromatic carbocycles. The zero-order valence-electron chi connectivity index (χ0n) is 11.8. The van der Waals surface area contributed by atoms with Crippen LogP contribution >= 0.6 is 12.4 Å². The van der Waals surface area contributed by atoms with Crippen LogP contribution in [0, 0.1) is 0 Å². The van der Waals surface area contributed by atoms with Crippen molar-refractivity contribution in [1.29, 1.82) is 0 Å². The van der Waals surface area contributed by atoms with Gasteiger partial charge in [-0.25, -0.2) is 0 Å². The van der Waals surface area contributed by atoms with Crippen molar-refractivity contribution in [2.24, 2.45) is 0 Å². The summed E-state index contributed by atoms with van der Waals surface area (Å²) >= 11 is 0. The van der Waals surface area contributed by atoms with Crippen molar-refractivity contribution in [3.8, 4) is 5.75 Å². The smallest absolute Gasteiger partial charge is 0.422 e. The number of alkyl halides is 3. The van der Waals surface area contributed by atoms with Gasteiger partial charge in [-0.3, -0.25) is 4.79 Å². The fraction of sp³-hybridized carbons (Fsp3) is 0.500. The molecule has 22 heavy (non-hydrogen) atoms. The minimum Gasteiger partial charge on any atom is -0.484 e. The molecule has 1 aliphatic rings. The van der Waals surface area contributed by atoms with Crippen LogP contribution in [0.4, 0.5) is 18.9 Å². The lowest BCUT2D eigenvalue weighted by Gasteiger charge is -2.12. The minimum absolute atomic E-state index is 0. The lowest BCUT2D eigenvalue weighted by atomic mass is 10.1. The van der Waals surface area contributed by atoms with Crippen LogP contribution in [0.25, 0.3) is 0 Å². The van der Waals surface area contributed by atoms with Gasteiger partial charge in [0.2, 0.25) is 5.91 Å². The van der Waals surface area contributed by atoms with E-state index in [1.807, 2.05) is 0 Å². The SMILES string of the molecule is Cl.O=C(CC1CCCN1)Nc1ccc(OCC(F)(F)F)cc1. The number of rotatable bonds is 5. The number of anilines is 1. The van der Waals surface area contributed by atoms with Gasteiger partial charge in [-0.15, -0.1) is 12.4 Å². The summed E-state index contributed by atoms with van der Waals surface area (Å²) in [4.78, 5) is 11.8. The maximum Gasteiger partial charge on any atom is 0.422 e. The summed E-state index contributed by atoms with van der Waals surface area (Å²) in [7, 11) is 0. The van der Waals surface area contributed by atoms with Crippen LogP contribution in [0.2, 0.25) is 0 Å². The zero-order valence-corrected chi connectivity index (χ0v) is 12.6. The van der Waals surface area contributed by atoms with Gasteiger partial charge in [0.05, 0.1) is 0 Å². The quantitative estimate of drug-likeness (QED) is 0.867. The summed E-state index contributed by atoms with van der Waals surface area (Å²) in [6.45, 7) is -0.394. The van der Waals surface area contributed by atoms with E-state index in [9.17, 15) is 18.0 Å². The number of halogens is 4. The third-order valence-corrected chi connectivity index (χ3v) is 3.13. The van der Waals surface area contributed by atoms with Gasteiger partial charge < -0.3 is 15.4 Å². The average Bonchev–Trinajstić information content (AvgIpc) is 2.89. The Labute approximate surface area is 132 Å². The van der Waals surface area contributed by atoms with Crippen LogP contribution in [0.15, 0.2) is 24.3 Å². The first-order valence-corrected chi connectivity index (χ1v) is 6.75. The van der Waals surface area contributed by atoms with Gasteiger partial charge in [-0.1, -0.05) is 0 Å². The Hall–Kier alpha value is -1.47. The number of carbonyl (C=O) groups is 1. The van der Waals surface area contributed by atoms with Gasteiger partial charge >= 0.3 is 6.18 Å². The molecule has 1 amide bonds. The Balaban J connectivity index is 0.00000242. The number of nitrogens with one attached hydrogen (secondary N) is 2. The first kappa shape index (κ1) is 18.6. The molecular formula is C14H18ClF3N2O2. The summed E-state index contributed by atoms with van der Waals surface area (Å²) in [6.07, 6.45) is -1.91. The van der Waals surface area contributed by atoms with Crippen molar-refractivity contribution >= 4 is 24.0 Å². The first-order chi connectivity index (χ1) is 9.92. The lowest BCUT2D eigenvalue weighted by molar-refractivity contribution is -0.153. The normalized spacial score (nSPS) is 17.7. The van der Waals surface area contributed by atoms with Crippen molar-refractivity contribution in [2.45, 2.75) is 31.5 Å². The molecule has 2 N–H and O–H groups in total. The molecule has 1 aliphatic heterocycles. The molecule has 0 saturated carbocycles. The van der Waals surface area contributed by atoms with Gasteiger partial charge in [-0.05, 0) is 43.7 Å². The summed E-state index contributed by atoms with van der Waals surface area (Å²) in [5.41, 5.74) is 0.539. The molecule has 1 fully saturated rings. The largest absolute Gasteiger partial charge is 0.484 e. The standard InChI is InChI=1S/C14H17F3N2O2.ClH/c15-14(16,17)9-21-12-5-3-10(4-6-12)19-13(20)8-11-2-1-7-18-11;/h3-6,11,18H,1-2,7-9H2,(H,19,20);1H. The molecule has 1 unspecified atom stereocenters. The molecule has 2 rings (SSSR count). The molecule has 1 aromatic rings. The molecule has 124 valence electrons. The van der Waals surface area contributed by atoms with E-state index in [0.29, 0.717) is 12.1 Å². The monoisotopic (exact) mass is 338 g/mol. The maximum atomic E-state index is 12.0. The van der Waals surface area contributed by atoms with E-state index in [2.05, 4.69) is 15.4 Å². The Morgan fingerprint density at radius 3 is 2.55 bits per heavy atom. The maximum absolute atomic E-state index is 12.0. The Morgan fingerprint density at radius 1 is 1.32 bits per heavy atom. The number of carbonyl (C=O) groups excluding carboxylic acids is 1. The van der Waals surface area contributed by atoms with Crippen molar-refractivity contribution in [2.75, 3.05) is 18.5 Å². The van der Waals surface area contributed by atoms with Gasteiger partial charge in [0, 0.05) is 18.2 Å². The number of amides is 1. The van der Waals surface area contributed by atoms with Crippen LogP contribution < -0.4 is 15.4 Å². The van der Waals surface area contributed by atoms with E-state index >= 15 is 0 Å². The highest BCUT2D eigenvalue weighted by atomic mass is 35.5. The van der Waals surface area contributed by atoms with Crippen molar-refractivity contribution in [3.63, 3.8) is 0 Å². The van der Waals surface area contributed by atoms with E-state index in [1.54, 1.807) is 0 Å². The van der Waals surface area contributed by atoms with E-state index in [1.165, 1.54) is 24.3 Å². The third kappa shape index (κ3) is 6.53. The molecule has 0 spiro atoms. The highest BCUT2D eigenvalue weighted by Gasteiger charge is 2.28. The third-order valence-electron chi connectivity index (χ3n) is 3.13. The summed E-state index contributed by atoms with van der Waals surface area (Å²) in [5, 5.41) is 5.94. The second-order valence-electron chi connectivity index (χ2n) is 4.97. The minimum atomic E-state index is -4.36. The number of hydrogen-bond donors (Lipinski definition) is 2. The van der Waals surface area contributed by atoms with Crippen molar-refractivity contribution < 1.29 is 22.7 Å². The molecule has 1 atom stereocenters. The first-order valence-electron chi connectivity index (χ1n) is 6.75. The van der Waals surface area contributed by atoms with Gasteiger partial charge in [0.25, 0.3) is 0 Å². The zero-order chi connectivity index (χ0) is 15.3. The van der Waals surface area contributed by atoms with Crippen LogP contribution in [-0.4, -0.2) is 31.3 Å². The topological polar surface area (TPSA) is 50.4 Å².